The van der Waals surface area contributed by atoms with Crippen LogP contribution in [0.5, 0.6) is 0 Å². The monoisotopic (exact) mass is 204 g/mol. The predicted molar refractivity (Wildman–Crippen MR) is 32.6 cm³/mol. The number of allylic oxidation sites excluding steroid dienone is 1. The number of carboxylic acids is 1. The fourth-order valence-electron chi connectivity index (χ4n) is 0.387. The van der Waals surface area contributed by atoms with Crippen molar-refractivity contribution in [3.63, 3.8) is 0 Å². The van der Waals surface area contributed by atoms with Crippen LogP contribution in [0.1, 0.15) is 0 Å². The molecule has 13 heavy (non-hydrogen) atoms. The Balaban J connectivity index is 4.66. The number of aliphatic carboxylic acids is 1. The van der Waals surface area contributed by atoms with E-state index in [2.05, 4.69) is 0 Å². The summed E-state index contributed by atoms with van der Waals surface area (Å²) in [6.45, 7) is -2.55. The standard InChI is InChI=1S/C6H5F5O2/c7-3-6(10,11)5(8,9)2-1-4(12)13/h1-2H,3H2,(H,12,13). The summed E-state index contributed by atoms with van der Waals surface area (Å²) in [6, 6.07) is 0. The van der Waals surface area contributed by atoms with Crippen LogP contribution in [0.2, 0.25) is 0 Å². The van der Waals surface area contributed by atoms with Crippen molar-refractivity contribution in [3.8, 4) is 0 Å². The molecule has 0 unspecified atom stereocenters. The van der Waals surface area contributed by atoms with Crippen molar-refractivity contribution in [1.82, 2.24) is 0 Å². The predicted octanol–water partition coefficient (Wildman–Crippen LogP) is 1.87. The molecule has 0 amide bonds. The van der Waals surface area contributed by atoms with Gasteiger partial charge in [0, 0.05) is 6.08 Å². The lowest BCUT2D eigenvalue weighted by molar-refractivity contribution is -0.187. The molecule has 0 aromatic heterocycles. The smallest absolute Gasteiger partial charge is 0.341 e. The first-order valence-electron chi connectivity index (χ1n) is 2.97. The minimum Gasteiger partial charge on any atom is -0.478 e. The zero-order valence-corrected chi connectivity index (χ0v) is 6.11. The van der Waals surface area contributed by atoms with Gasteiger partial charge in [0.05, 0.1) is 0 Å². The van der Waals surface area contributed by atoms with Crippen LogP contribution in [-0.4, -0.2) is 29.6 Å². The van der Waals surface area contributed by atoms with Gasteiger partial charge < -0.3 is 5.11 Å². The number of rotatable bonds is 4. The van der Waals surface area contributed by atoms with Gasteiger partial charge in [0.1, 0.15) is 0 Å². The van der Waals surface area contributed by atoms with Gasteiger partial charge in [-0.05, 0) is 6.08 Å². The van der Waals surface area contributed by atoms with Crippen LogP contribution in [0.4, 0.5) is 22.0 Å². The Morgan fingerprint density at radius 1 is 1.31 bits per heavy atom. The van der Waals surface area contributed by atoms with E-state index in [0.29, 0.717) is 0 Å². The van der Waals surface area contributed by atoms with Gasteiger partial charge >= 0.3 is 17.8 Å². The number of carbonyl (C=O) groups is 1. The second-order valence-electron chi connectivity index (χ2n) is 2.13. The molecule has 0 saturated heterocycles. The molecule has 1 N–H and O–H groups in total. The molecule has 0 rings (SSSR count). The highest BCUT2D eigenvalue weighted by atomic mass is 19.3. The van der Waals surface area contributed by atoms with Gasteiger partial charge in [-0.3, -0.25) is 0 Å². The lowest BCUT2D eigenvalue weighted by Gasteiger charge is -2.20. The first-order chi connectivity index (χ1) is 5.73. The van der Waals surface area contributed by atoms with E-state index in [4.69, 9.17) is 5.11 Å². The van der Waals surface area contributed by atoms with Gasteiger partial charge in [-0.25, -0.2) is 9.18 Å². The minimum absolute atomic E-state index is 0.163. The first kappa shape index (κ1) is 11.9. The van der Waals surface area contributed by atoms with E-state index >= 15 is 0 Å². The summed E-state index contributed by atoms with van der Waals surface area (Å²) >= 11 is 0. The maximum atomic E-state index is 12.2. The summed E-state index contributed by atoms with van der Waals surface area (Å²) in [5.41, 5.74) is 0. The fraction of sp³-hybridized carbons (Fsp3) is 0.500. The molecule has 0 aromatic carbocycles. The van der Waals surface area contributed by atoms with Crippen LogP contribution in [0.15, 0.2) is 12.2 Å². The van der Waals surface area contributed by atoms with Crippen LogP contribution < -0.4 is 0 Å². The SMILES string of the molecule is O=C(O)C=CC(F)(F)C(F)(F)CF. The van der Waals surface area contributed by atoms with Crippen molar-refractivity contribution in [2.45, 2.75) is 11.8 Å². The van der Waals surface area contributed by atoms with E-state index in [9.17, 15) is 26.7 Å². The Hall–Kier alpha value is -1.14. The maximum Gasteiger partial charge on any atom is 0.341 e. The van der Waals surface area contributed by atoms with E-state index < -0.39 is 30.6 Å². The Morgan fingerprint density at radius 2 is 1.77 bits per heavy atom. The first-order valence-corrected chi connectivity index (χ1v) is 2.97. The molecule has 0 bridgehead atoms. The summed E-state index contributed by atoms with van der Waals surface area (Å²) in [4.78, 5) is 9.70. The average molecular weight is 204 g/mol. The molecule has 7 heteroatoms. The van der Waals surface area contributed by atoms with Crippen molar-refractivity contribution < 1.29 is 31.9 Å². The third-order valence-corrected chi connectivity index (χ3v) is 1.09. The summed E-state index contributed by atoms with van der Waals surface area (Å²) in [5, 5.41) is 7.86. The Bertz CT molecular complexity index is 223. The largest absolute Gasteiger partial charge is 0.478 e. The molecular formula is C6H5F5O2. The van der Waals surface area contributed by atoms with Crippen LogP contribution in [0.25, 0.3) is 0 Å². The van der Waals surface area contributed by atoms with Crippen LogP contribution in [0, 0.1) is 0 Å². The molecule has 0 aliphatic carbocycles. The Morgan fingerprint density at radius 3 is 2.08 bits per heavy atom. The number of alkyl halides is 5. The second-order valence-corrected chi connectivity index (χ2v) is 2.13. The summed E-state index contributed by atoms with van der Waals surface area (Å²) < 4.78 is 59.8. The highest BCUT2D eigenvalue weighted by Crippen LogP contribution is 2.35. The number of halogens is 5. The third kappa shape index (κ3) is 3.00. The zero-order chi connectivity index (χ0) is 10.7. The van der Waals surface area contributed by atoms with E-state index in [1.54, 1.807) is 0 Å². The lowest BCUT2D eigenvalue weighted by Crippen LogP contribution is -2.40. The van der Waals surface area contributed by atoms with Crippen molar-refractivity contribution in [2.24, 2.45) is 0 Å². The van der Waals surface area contributed by atoms with Crippen molar-refractivity contribution in [3.05, 3.63) is 12.2 Å². The zero-order valence-electron chi connectivity index (χ0n) is 6.11. The maximum absolute atomic E-state index is 12.2. The van der Waals surface area contributed by atoms with Gasteiger partial charge in [0.25, 0.3) is 0 Å². The summed E-state index contributed by atoms with van der Waals surface area (Å²) in [5.74, 6) is -11.5. The van der Waals surface area contributed by atoms with Gasteiger partial charge in [-0.2, -0.15) is 17.6 Å². The van der Waals surface area contributed by atoms with Gasteiger partial charge in [0.15, 0.2) is 6.67 Å². The van der Waals surface area contributed by atoms with Gasteiger partial charge in [0.2, 0.25) is 0 Å². The molecule has 76 valence electrons. The van der Waals surface area contributed by atoms with Crippen molar-refractivity contribution in [1.29, 1.82) is 0 Å². The molecule has 0 atom stereocenters. The number of hydrogen-bond donors (Lipinski definition) is 1. The van der Waals surface area contributed by atoms with E-state index in [1.165, 1.54) is 0 Å². The van der Waals surface area contributed by atoms with Crippen molar-refractivity contribution >= 4 is 5.97 Å². The minimum atomic E-state index is -4.88. The molecule has 0 aliphatic heterocycles. The highest BCUT2D eigenvalue weighted by Gasteiger charge is 2.54. The normalized spacial score (nSPS) is 13.6. The third-order valence-electron chi connectivity index (χ3n) is 1.09. The van der Waals surface area contributed by atoms with E-state index in [-0.39, 0.29) is 6.08 Å². The van der Waals surface area contributed by atoms with Crippen LogP contribution >= 0.6 is 0 Å². The second kappa shape index (κ2) is 3.71. The molecule has 0 heterocycles. The summed E-state index contributed by atoms with van der Waals surface area (Å²) in [6.07, 6.45) is -0.710. The quantitative estimate of drug-likeness (QED) is 0.560. The van der Waals surface area contributed by atoms with E-state index in [1.807, 2.05) is 0 Å². The van der Waals surface area contributed by atoms with Gasteiger partial charge in [-0.1, -0.05) is 0 Å². The average Bonchev–Trinajstić information content (AvgIpc) is 2.01. The van der Waals surface area contributed by atoms with Crippen LogP contribution in [0.3, 0.4) is 0 Å². The number of carboxylic acid groups (broad SMARTS) is 1. The molecule has 0 saturated carbocycles. The molecule has 0 aliphatic rings. The Kier molecular flexibility index (Phi) is 3.39. The topological polar surface area (TPSA) is 37.3 Å². The Labute approximate surface area is 69.7 Å². The van der Waals surface area contributed by atoms with Crippen molar-refractivity contribution in [2.75, 3.05) is 6.67 Å². The van der Waals surface area contributed by atoms with Crippen LogP contribution in [-0.2, 0) is 4.79 Å². The highest BCUT2D eigenvalue weighted by molar-refractivity contribution is 5.79. The number of hydrogen-bond acceptors (Lipinski definition) is 1. The van der Waals surface area contributed by atoms with Gasteiger partial charge in [-0.15, -0.1) is 0 Å². The molecule has 2 nitrogen and oxygen atoms in total. The molecule has 0 aromatic rings. The molecule has 0 spiro atoms. The summed E-state index contributed by atoms with van der Waals surface area (Å²) in [7, 11) is 0. The lowest BCUT2D eigenvalue weighted by atomic mass is 10.2. The molecular weight excluding hydrogens is 199 g/mol. The van der Waals surface area contributed by atoms with E-state index in [0.717, 1.165) is 0 Å². The molecule has 0 fully saturated rings. The fourth-order valence-corrected chi connectivity index (χ4v) is 0.387. The molecule has 0 radical (unpaired) electrons.